The van der Waals surface area contributed by atoms with Crippen LogP contribution >= 0.6 is 0 Å². The van der Waals surface area contributed by atoms with E-state index >= 15 is 0 Å². The van der Waals surface area contributed by atoms with Crippen LogP contribution in [0.3, 0.4) is 0 Å². The Bertz CT molecular complexity index is 208. The van der Waals surface area contributed by atoms with Crippen LogP contribution in [-0.2, 0) is 14.2 Å². The Kier molecular flexibility index (Phi) is 3.76. The summed E-state index contributed by atoms with van der Waals surface area (Å²) in [6.07, 6.45) is 1.00. The highest BCUT2D eigenvalue weighted by Crippen LogP contribution is 2.34. The van der Waals surface area contributed by atoms with Crippen LogP contribution in [0.15, 0.2) is 0 Å². The fourth-order valence-corrected chi connectivity index (χ4v) is 2.22. The third-order valence-electron chi connectivity index (χ3n) is 2.97. The van der Waals surface area contributed by atoms with Gasteiger partial charge >= 0.3 is 0 Å². The summed E-state index contributed by atoms with van der Waals surface area (Å²) in [4.78, 5) is 0. The van der Waals surface area contributed by atoms with Gasteiger partial charge in [0.25, 0.3) is 0 Å². The molecule has 1 heterocycles. The largest absolute Gasteiger partial charge is 0.364 e. The molecule has 0 spiro atoms. The second-order valence-electron chi connectivity index (χ2n) is 5.30. The van der Waals surface area contributed by atoms with Crippen LogP contribution in [0, 0.1) is 0 Å². The van der Waals surface area contributed by atoms with E-state index in [4.69, 9.17) is 14.2 Å². The van der Waals surface area contributed by atoms with E-state index in [0.29, 0.717) is 0 Å². The van der Waals surface area contributed by atoms with Crippen molar-refractivity contribution < 1.29 is 18.7 Å². The predicted octanol–water partition coefficient (Wildman–Crippen LogP) is 0.859. The van der Waals surface area contributed by atoms with Crippen molar-refractivity contribution in [3.8, 4) is 0 Å². The van der Waals surface area contributed by atoms with Crippen molar-refractivity contribution in [2.45, 2.75) is 31.3 Å². The minimum Gasteiger partial charge on any atom is -0.364 e. The summed E-state index contributed by atoms with van der Waals surface area (Å²) >= 11 is 0. The number of hydrogen-bond acceptors (Lipinski definition) is 3. The zero-order chi connectivity index (χ0) is 11.7. The van der Waals surface area contributed by atoms with Crippen molar-refractivity contribution in [2.24, 2.45) is 0 Å². The Morgan fingerprint density at radius 1 is 1.27 bits per heavy atom. The average Bonchev–Trinajstić information content (AvgIpc) is 2.40. The second-order valence-corrected chi connectivity index (χ2v) is 5.30. The molecular formula is C11H24NO3+. The molecule has 0 N–H and O–H groups in total. The summed E-state index contributed by atoms with van der Waals surface area (Å²) in [5.74, 6) is -0.556. The first-order valence-electron chi connectivity index (χ1n) is 5.39. The first kappa shape index (κ1) is 12.9. The number of nitrogens with zero attached hydrogens (tertiary/aromatic N) is 1. The lowest BCUT2D eigenvalue weighted by Gasteiger charge is -2.28. The second kappa shape index (κ2) is 4.37. The van der Waals surface area contributed by atoms with E-state index in [1.165, 1.54) is 0 Å². The van der Waals surface area contributed by atoms with Gasteiger partial charge < -0.3 is 18.7 Å². The Morgan fingerprint density at radius 3 is 2.13 bits per heavy atom. The van der Waals surface area contributed by atoms with E-state index in [9.17, 15) is 0 Å². The number of ether oxygens (including phenoxy) is 3. The van der Waals surface area contributed by atoms with Crippen LogP contribution in [0.2, 0.25) is 0 Å². The monoisotopic (exact) mass is 218 g/mol. The smallest absolute Gasteiger partial charge is 0.196 e. The highest BCUT2D eigenvalue weighted by atomic mass is 16.7. The summed E-state index contributed by atoms with van der Waals surface area (Å²) in [5.41, 5.74) is 0. The van der Waals surface area contributed by atoms with Gasteiger partial charge in [0.15, 0.2) is 5.79 Å². The number of methoxy groups -OCH3 is 2. The number of quaternary nitrogens is 1. The van der Waals surface area contributed by atoms with Crippen molar-refractivity contribution in [2.75, 3.05) is 41.9 Å². The van der Waals surface area contributed by atoms with Gasteiger partial charge in [-0.15, -0.1) is 0 Å². The fourth-order valence-electron chi connectivity index (χ4n) is 2.22. The summed E-state index contributed by atoms with van der Waals surface area (Å²) < 4.78 is 17.7. The molecule has 90 valence electrons. The molecule has 0 saturated carbocycles. The first-order valence-corrected chi connectivity index (χ1v) is 5.39. The standard InChI is InChI=1S/C11H24NO3/c1-9-11(13-5,14-6)7-10(15-9)8-12(2,3)4/h9-10H,7-8H2,1-6H3/q+1. The van der Waals surface area contributed by atoms with Crippen molar-refractivity contribution in [1.82, 2.24) is 0 Å². The molecule has 0 aromatic rings. The summed E-state index contributed by atoms with van der Waals surface area (Å²) in [6, 6.07) is 0. The van der Waals surface area contributed by atoms with Crippen LogP contribution in [0.4, 0.5) is 0 Å². The van der Waals surface area contributed by atoms with E-state index in [1.54, 1.807) is 14.2 Å². The normalized spacial score (nSPS) is 30.8. The van der Waals surface area contributed by atoms with Gasteiger partial charge in [0.1, 0.15) is 18.8 Å². The molecule has 2 unspecified atom stereocenters. The van der Waals surface area contributed by atoms with Gasteiger partial charge in [0.2, 0.25) is 0 Å². The maximum atomic E-state index is 5.87. The van der Waals surface area contributed by atoms with Gasteiger partial charge in [-0.3, -0.25) is 0 Å². The maximum absolute atomic E-state index is 5.87. The van der Waals surface area contributed by atoms with E-state index < -0.39 is 5.79 Å². The van der Waals surface area contributed by atoms with Gasteiger partial charge in [0.05, 0.1) is 21.1 Å². The molecule has 15 heavy (non-hydrogen) atoms. The lowest BCUT2D eigenvalue weighted by molar-refractivity contribution is -0.873. The van der Waals surface area contributed by atoms with Gasteiger partial charge in [0, 0.05) is 20.6 Å². The molecule has 1 saturated heterocycles. The molecule has 0 amide bonds. The third kappa shape index (κ3) is 2.91. The van der Waals surface area contributed by atoms with Crippen LogP contribution in [0.1, 0.15) is 13.3 Å². The zero-order valence-electron chi connectivity index (χ0n) is 10.7. The molecule has 1 aliphatic heterocycles. The minimum atomic E-state index is -0.556. The van der Waals surface area contributed by atoms with Gasteiger partial charge in [-0.2, -0.15) is 0 Å². The molecule has 0 aromatic carbocycles. The molecule has 0 radical (unpaired) electrons. The molecule has 0 aliphatic carbocycles. The van der Waals surface area contributed by atoms with Crippen LogP contribution in [0.5, 0.6) is 0 Å². The third-order valence-corrected chi connectivity index (χ3v) is 2.97. The summed E-state index contributed by atoms with van der Waals surface area (Å²) in [7, 11) is 9.84. The van der Waals surface area contributed by atoms with E-state index in [1.807, 2.05) is 6.92 Å². The first-order chi connectivity index (χ1) is 6.83. The fraction of sp³-hybridized carbons (Fsp3) is 1.00. The molecule has 0 aromatic heterocycles. The topological polar surface area (TPSA) is 27.7 Å². The van der Waals surface area contributed by atoms with Gasteiger partial charge in [-0.05, 0) is 6.92 Å². The average molecular weight is 218 g/mol. The number of rotatable bonds is 4. The quantitative estimate of drug-likeness (QED) is 0.517. The van der Waals surface area contributed by atoms with Crippen LogP contribution in [0.25, 0.3) is 0 Å². The van der Waals surface area contributed by atoms with Crippen molar-refractivity contribution in [3.63, 3.8) is 0 Å². The number of likely N-dealkylation sites (N-methyl/N-ethyl adjacent to an activating group) is 1. The summed E-state index contributed by atoms with van der Waals surface area (Å²) in [6.45, 7) is 2.97. The van der Waals surface area contributed by atoms with E-state index in [2.05, 4.69) is 21.1 Å². The minimum absolute atomic E-state index is 0.0101. The molecule has 1 fully saturated rings. The molecule has 2 atom stereocenters. The Morgan fingerprint density at radius 2 is 1.80 bits per heavy atom. The van der Waals surface area contributed by atoms with Crippen molar-refractivity contribution >= 4 is 0 Å². The van der Waals surface area contributed by atoms with Crippen molar-refractivity contribution in [3.05, 3.63) is 0 Å². The predicted molar refractivity (Wildman–Crippen MR) is 58.6 cm³/mol. The molecule has 4 nitrogen and oxygen atoms in total. The van der Waals surface area contributed by atoms with Crippen LogP contribution < -0.4 is 0 Å². The summed E-state index contributed by atoms with van der Waals surface area (Å²) in [5, 5.41) is 0. The van der Waals surface area contributed by atoms with Crippen molar-refractivity contribution in [1.29, 1.82) is 0 Å². The zero-order valence-corrected chi connectivity index (χ0v) is 10.7. The molecule has 1 rings (SSSR count). The van der Waals surface area contributed by atoms with Crippen LogP contribution in [-0.4, -0.2) is 64.4 Å². The Hall–Kier alpha value is -0.160. The van der Waals surface area contributed by atoms with E-state index in [-0.39, 0.29) is 12.2 Å². The Labute approximate surface area is 92.7 Å². The highest BCUT2D eigenvalue weighted by molar-refractivity contribution is 4.88. The van der Waals surface area contributed by atoms with Gasteiger partial charge in [-0.25, -0.2) is 0 Å². The molecular weight excluding hydrogens is 194 g/mol. The lowest BCUT2D eigenvalue weighted by atomic mass is 10.1. The lowest BCUT2D eigenvalue weighted by Crippen LogP contribution is -2.42. The number of hydrogen-bond donors (Lipinski definition) is 0. The molecule has 0 bridgehead atoms. The van der Waals surface area contributed by atoms with E-state index in [0.717, 1.165) is 17.4 Å². The van der Waals surface area contributed by atoms with Gasteiger partial charge in [-0.1, -0.05) is 0 Å². The Balaban J connectivity index is 2.63. The molecule has 1 aliphatic rings. The SMILES string of the molecule is COC1(OC)CC(C[N+](C)(C)C)OC1C. The molecule has 4 heteroatoms. The highest BCUT2D eigenvalue weighted by Gasteiger charge is 2.48. The maximum Gasteiger partial charge on any atom is 0.196 e.